The normalized spacial score (nSPS) is 18.9. The molecule has 2 heteroatoms. The number of rotatable bonds is 3. The van der Waals surface area contributed by atoms with Crippen LogP contribution in [0.1, 0.15) is 28.3 Å². The molecule has 0 amide bonds. The van der Waals surface area contributed by atoms with Crippen molar-refractivity contribution < 1.29 is 0 Å². The summed E-state index contributed by atoms with van der Waals surface area (Å²) >= 11 is 6.58. The summed E-state index contributed by atoms with van der Waals surface area (Å²) in [6, 6.07) is 12.7. The Balaban J connectivity index is 1.75. The molecule has 0 fully saturated rings. The van der Waals surface area contributed by atoms with Gasteiger partial charge in [0.05, 0.1) is 0 Å². The number of benzene rings is 1. The maximum absolute atomic E-state index is 6.58. The fraction of sp³-hybridized carbons (Fsp3) is 0.312. The highest BCUT2D eigenvalue weighted by Crippen LogP contribution is 2.40. The van der Waals surface area contributed by atoms with Crippen LogP contribution < -0.4 is 0 Å². The molecule has 1 aliphatic rings. The van der Waals surface area contributed by atoms with E-state index in [9.17, 15) is 0 Å². The van der Waals surface area contributed by atoms with Gasteiger partial charge in [0.2, 0.25) is 0 Å². The van der Waals surface area contributed by atoms with Crippen molar-refractivity contribution in [3.8, 4) is 0 Å². The van der Waals surface area contributed by atoms with Crippen LogP contribution in [0.5, 0.6) is 0 Å². The Bertz CT molecular complexity index is 565. The molecule has 1 nitrogen and oxygen atoms in total. The lowest BCUT2D eigenvalue weighted by atomic mass is 9.74. The van der Waals surface area contributed by atoms with Gasteiger partial charge in [0.15, 0.2) is 0 Å². The van der Waals surface area contributed by atoms with E-state index in [2.05, 4.69) is 42.2 Å². The predicted octanol–water partition coefficient (Wildman–Crippen LogP) is 3.88. The Labute approximate surface area is 113 Å². The molecule has 2 unspecified atom stereocenters. The number of halogens is 1. The summed E-state index contributed by atoms with van der Waals surface area (Å²) in [5.74, 6) is 0.490. The second-order valence-electron chi connectivity index (χ2n) is 5.00. The molecule has 1 aromatic heterocycles. The average molecular weight is 258 g/mol. The Morgan fingerprint density at radius 2 is 2.11 bits per heavy atom. The third-order valence-electron chi connectivity index (χ3n) is 3.84. The molecule has 1 aromatic carbocycles. The van der Waals surface area contributed by atoms with E-state index < -0.39 is 0 Å². The van der Waals surface area contributed by atoms with Crippen molar-refractivity contribution >= 4 is 11.6 Å². The first-order valence-corrected chi connectivity index (χ1v) is 6.81. The van der Waals surface area contributed by atoms with Crippen molar-refractivity contribution in [1.29, 1.82) is 0 Å². The molecule has 0 radical (unpaired) electrons. The van der Waals surface area contributed by atoms with E-state index in [-0.39, 0.29) is 5.38 Å². The van der Waals surface area contributed by atoms with Crippen LogP contribution in [0.2, 0.25) is 0 Å². The van der Waals surface area contributed by atoms with E-state index in [4.69, 9.17) is 11.6 Å². The van der Waals surface area contributed by atoms with Crippen molar-refractivity contribution in [2.45, 2.75) is 31.1 Å². The molecule has 1 heterocycles. The summed E-state index contributed by atoms with van der Waals surface area (Å²) in [7, 11) is 0. The van der Waals surface area contributed by atoms with Crippen molar-refractivity contribution in [3.63, 3.8) is 0 Å². The van der Waals surface area contributed by atoms with Crippen molar-refractivity contribution in [2.24, 2.45) is 0 Å². The van der Waals surface area contributed by atoms with Gasteiger partial charge in [-0.05, 0) is 36.1 Å². The molecule has 0 spiro atoms. The Morgan fingerprint density at radius 1 is 1.28 bits per heavy atom. The van der Waals surface area contributed by atoms with Gasteiger partial charge in [-0.2, -0.15) is 0 Å². The maximum atomic E-state index is 6.58. The van der Waals surface area contributed by atoms with Crippen LogP contribution in [0, 0.1) is 6.92 Å². The van der Waals surface area contributed by atoms with Gasteiger partial charge >= 0.3 is 0 Å². The quantitative estimate of drug-likeness (QED) is 0.761. The summed E-state index contributed by atoms with van der Waals surface area (Å²) in [4.78, 5) is 4.43. The van der Waals surface area contributed by atoms with Gasteiger partial charge in [0, 0.05) is 29.6 Å². The molecule has 92 valence electrons. The zero-order chi connectivity index (χ0) is 12.5. The lowest BCUT2D eigenvalue weighted by molar-refractivity contribution is 0.563. The monoisotopic (exact) mass is 257 g/mol. The highest BCUT2D eigenvalue weighted by molar-refractivity contribution is 6.21. The molecule has 0 N–H and O–H groups in total. The Hall–Kier alpha value is -1.34. The standard InChI is InChI=1S/C16H16ClN/c1-11-5-4-8-18-16(11)10-15(17)14-9-12-6-2-3-7-13(12)14/h2-8,14-15H,9-10H2,1H3. The molecule has 0 bridgehead atoms. The topological polar surface area (TPSA) is 12.9 Å². The fourth-order valence-corrected chi connectivity index (χ4v) is 3.05. The molecule has 18 heavy (non-hydrogen) atoms. The van der Waals surface area contributed by atoms with E-state index in [0.29, 0.717) is 5.92 Å². The lowest BCUT2D eigenvalue weighted by Gasteiger charge is -2.33. The van der Waals surface area contributed by atoms with Crippen LogP contribution in [0.15, 0.2) is 42.6 Å². The zero-order valence-electron chi connectivity index (χ0n) is 10.4. The van der Waals surface area contributed by atoms with Crippen molar-refractivity contribution in [2.75, 3.05) is 0 Å². The van der Waals surface area contributed by atoms with Gasteiger partial charge in [-0.3, -0.25) is 4.98 Å². The minimum atomic E-state index is 0.147. The van der Waals surface area contributed by atoms with E-state index >= 15 is 0 Å². The second kappa shape index (κ2) is 4.74. The molecular formula is C16H16ClN. The number of hydrogen-bond acceptors (Lipinski definition) is 1. The number of fused-ring (bicyclic) bond motifs is 1. The largest absolute Gasteiger partial charge is 0.261 e. The summed E-state index contributed by atoms with van der Waals surface area (Å²) in [5, 5.41) is 0.147. The SMILES string of the molecule is Cc1cccnc1CC(Cl)C1Cc2ccccc21. The van der Waals surface area contributed by atoms with E-state index in [1.807, 2.05) is 12.3 Å². The number of aromatic nitrogens is 1. The third-order valence-corrected chi connectivity index (χ3v) is 4.30. The Morgan fingerprint density at radius 3 is 2.89 bits per heavy atom. The van der Waals surface area contributed by atoms with Gasteiger partial charge in [-0.1, -0.05) is 30.3 Å². The summed E-state index contributed by atoms with van der Waals surface area (Å²) in [5.41, 5.74) is 5.23. The van der Waals surface area contributed by atoms with Crippen LogP contribution in [-0.2, 0) is 12.8 Å². The molecule has 0 aliphatic heterocycles. The first-order chi connectivity index (χ1) is 8.75. The third kappa shape index (κ3) is 2.04. The maximum Gasteiger partial charge on any atom is 0.0463 e. The van der Waals surface area contributed by atoms with Gasteiger partial charge in [0.25, 0.3) is 0 Å². The van der Waals surface area contributed by atoms with Crippen molar-refractivity contribution in [3.05, 3.63) is 65.0 Å². The highest BCUT2D eigenvalue weighted by Gasteiger charge is 2.31. The molecule has 0 saturated carbocycles. The van der Waals surface area contributed by atoms with E-state index in [1.54, 1.807) is 0 Å². The van der Waals surface area contributed by atoms with Crippen LogP contribution in [-0.4, -0.2) is 10.4 Å². The second-order valence-corrected chi connectivity index (χ2v) is 5.56. The fourth-order valence-electron chi connectivity index (χ4n) is 2.68. The first-order valence-electron chi connectivity index (χ1n) is 6.38. The van der Waals surface area contributed by atoms with Crippen LogP contribution in [0.3, 0.4) is 0 Å². The number of hydrogen-bond donors (Lipinski definition) is 0. The summed E-state index contributed by atoms with van der Waals surface area (Å²) in [6.45, 7) is 2.10. The lowest BCUT2D eigenvalue weighted by Crippen LogP contribution is -2.27. The van der Waals surface area contributed by atoms with Crippen LogP contribution >= 0.6 is 11.6 Å². The minimum Gasteiger partial charge on any atom is -0.261 e. The van der Waals surface area contributed by atoms with Crippen LogP contribution in [0.4, 0.5) is 0 Å². The molecule has 2 aromatic rings. The van der Waals surface area contributed by atoms with Crippen LogP contribution in [0.25, 0.3) is 0 Å². The smallest absolute Gasteiger partial charge is 0.0463 e. The Kier molecular flexibility index (Phi) is 3.09. The molecular weight excluding hydrogens is 242 g/mol. The number of pyridine rings is 1. The molecule has 1 aliphatic carbocycles. The zero-order valence-corrected chi connectivity index (χ0v) is 11.2. The van der Waals surface area contributed by atoms with Crippen molar-refractivity contribution in [1.82, 2.24) is 4.98 Å². The van der Waals surface area contributed by atoms with Gasteiger partial charge < -0.3 is 0 Å². The molecule has 2 atom stereocenters. The minimum absolute atomic E-state index is 0.147. The highest BCUT2D eigenvalue weighted by atomic mass is 35.5. The van der Waals surface area contributed by atoms with Gasteiger partial charge in [0.1, 0.15) is 0 Å². The summed E-state index contributed by atoms with van der Waals surface area (Å²) in [6.07, 6.45) is 3.81. The van der Waals surface area contributed by atoms with Gasteiger partial charge in [-0.25, -0.2) is 0 Å². The molecule has 0 saturated heterocycles. The number of aryl methyl sites for hydroxylation is 1. The summed E-state index contributed by atoms with van der Waals surface area (Å²) < 4.78 is 0. The van der Waals surface area contributed by atoms with Gasteiger partial charge in [-0.15, -0.1) is 11.6 Å². The predicted molar refractivity (Wildman–Crippen MR) is 75.2 cm³/mol. The number of nitrogens with zero attached hydrogens (tertiary/aromatic N) is 1. The average Bonchev–Trinajstić information content (AvgIpc) is 2.34. The first kappa shape index (κ1) is 11.7. The number of alkyl halides is 1. The molecule has 3 rings (SSSR count). The van der Waals surface area contributed by atoms with E-state index in [1.165, 1.54) is 16.7 Å². The van der Waals surface area contributed by atoms with E-state index in [0.717, 1.165) is 18.5 Å².